The molecule has 1 unspecified atom stereocenters. The van der Waals surface area contributed by atoms with Crippen molar-refractivity contribution in [3.63, 3.8) is 0 Å². The lowest BCUT2D eigenvalue weighted by atomic mass is 10.3. The van der Waals surface area contributed by atoms with Crippen molar-refractivity contribution in [2.75, 3.05) is 14.2 Å². The molecule has 0 aromatic carbocycles. The first kappa shape index (κ1) is 13.6. The van der Waals surface area contributed by atoms with Crippen molar-refractivity contribution >= 4 is 11.9 Å². The number of aliphatic carboxylic acids is 1. The van der Waals surface area contributed by atoms with Crippen LogP contribution in [0.5, 0.6) is 0 Å². The molecule has 0 rings (SSSR count). The molecule has 6 heteroatoms. The minimum Gasteiger partial charge on any atom is -0.478 e. The maximum atomic E-state index is 11.1. The zero-order valence-corrected chi connectivity index (χ0v) is 8.89. The summed E-state index contributed by atoms with van der Waals surface area (Å²) in [6.45, 7) is 1.68. The van der Waals surface area contributed by atoms with Gasteiger partial charge in [0.05, 0.1) is 6.04 Å². The Labute approximate surface area is 87.9 Å². The standard InChI is InChI=1S/C9H15NO5/c1-6(9(14-2)15-3)10-7(11)4-5-8(12)13/h4-6,9H,1-3H3,(H,10,11)(H,12,13). The SMILES string of the molecule is COC(OC)C(C)NC(=O)C=CC(=O)O. The van der Waals surface area contributed by atoms with Crippen LogP contribution in [0.1, 0.15) is 6.92 Å². The summed E-state index contributed by atoms with van der Waals surface area (Å²) in [5.41, 5.74) is 0. The van der Waals surface area contributed by atoms with Gasteiger partial charge in [0.1, 0.15) is 0 Å². The van der Waals surface area contributed by atoms with Crippen LogP contribution in [-0.4, -0.2) is 43.5 Å². The average Bonchev–Trinajstić information content (AvgIpc) is 2.16. The lowest BCUT2D eigenvalue weighted by molar-refractivity contribution is -0.133. The molecule has 1 atom stereocenters. The van der Waals surface area contributed by atoms with Gasteiger partial charge in [-0.2, -0.15) is 0 Å². The molecule has 0 fully saturated rings. The monoisotopic (exact) mass is 217 g/mol. The van der Waals surface area contributed by atoms with Crippen LogP contribution < -0.4 is 5.32 Å². The van der Waals surface area contributed by atoms with Gasteiger partial charge >= 0.3 is 5.97 Å². The van der Waals surface area contributed by atoms with Crippen molar-refractivity contribution in [2.24, 2.45) is 0 Å². The van der Waals surface area contributed by atoms with Crippen molar-refractivity contribution < 1.29 is 24.2 Å². The Balaban J connectivity index is 4.11. The van der Waals surface area contributed by atoms with Crippen LogP contribution in [0.2, 0.25) is 0 Å². The van der Waals surface area contributed by atoms with Crippen LogP contribution in [0.3, 0.4) is 0 Å². The van der Waals surface area contributed by atoms with Crippen LogP contribution in [0.25, 0.3) is 0 Å². The van der Waals surface area contributed by atoms with Gasteiger partial charge in [0, 0.05) is 26.4 Å². The number of ether oxygens (including phenoxy) is 2. The average molecular weight is 217 g/mol. The number of carboxylic acids is 1. The van der Waals surface area contributed by atoms with Gasteiger partial charge in [0.2, 0.25) is 5.91 Å². The molecule has 0 saturated heterocycles. The van der Waals surface area contributed by atoms with Crippen LogP contribution in [-0.2, 0) is 19.1 Å². The second-order valence-corrected chi connectivity index (χ2v) is 2.81. The van der Waals surface area contributed by atoms with Gasteiger partial charge in [-0.15, -0.1) is 0 Å². The van der Waals surface area contributed by atoms with Crippen LogP contribution in [0.4, 0.5) is 0 Å². The summed E-state index contributed by atoms with van der Waals surface area (Å²) in [5, 5.41) is 10.8. The smallest absolute Gasteiger partial charge is 0.328 e. The van der Waals surface area contributed by atoms with E-state index in [2.05, 4.69) is 5.32 Å². The molecule has 2 N–H and O–H groups in total. The Morgan fingerprint density at radius 1 is 1.27 bits per heavy atom. The molecule has 15 heavy (non-hydrogen) atoms. The normalized spacial score (nSPS) is 13.1. The van der Waals surface area contributed by atoms with Crippen molar-refractivity contribution in [1.29, 1.82) is 0 Å². The van der Waals surface area contributed by atoms with E-state index < -0.39 is 18.2 Å². The first-order chi connectivity index (χ1) is 7.01. The number of carboxylic acid groups (broad SMARTS) is 1. The fourth-order valence-corrected chi connectivity index (χ4v) is 0.992. The van der Waals surface area contributed by atoms with Crippen LogP contribution in [0.15, 0.2) is 12.2 Å². The van der Waals surface area contributed by atoms with Crippen molar-refractivity contribution in [2.45, 2.75) is 19.3 Å². The van der Waals surface area contributed by atoms with Crippen LogP contribution in [0, 0.1) is 0 Å². The molecule has 0 aliphatic carbocycles. The first-order valence-corrected chi connectivity index (χ1v) is 4.28. The lowest BCUT2D eigenvalue weighted by Crippen LogP contribution is -2.42. The number of rotatable bonds is 6. The first-order valence-electron chi connectivity index (χ1n) is 4.28. The van der Waals surface area contributed by atoms with Gasteiger partial charge < -0.3 is 19.9 Å². The zero-order valence-electron chi connectivity index (χ0n) is 8.89. The number of carbonyl (C=O) groups is 2. The number of methoxy groups -OCH3 is 2. The Morgan fingerprint density at radius 2 is 1.80 bits per heavy atom. The number of carbonyl (C=O) groups excluding carboxylic acids is 1. The molecular formula is C9H15NO5. The molecule has 0 radical (unpaired) electrons. The van der Waals surface area contributed by atoms with E-state index in [0.717, 1.165) is 12.2 Å². The number of amides is 1. The summed E-state index contributed by atoms with van der Waals surface area (Å²) >= 11 is 0. The lowest BCUT2D eigenvalue weighted by Gasteiger charge is -2.21. The Hall–Kier alpha value is -1.40. The fourth-order valence-electron chi connectivity index (χ4n) is 0.992. The van der Waals surface area contributed by atoms with E-state index in [4.69, 9.17) is 14.6 Å². The second-order valence-electron chi connectivity index (χ2n) is 2.81. The third kappa shape index (κ3) is 5.82. The highest BCUT2D eigenvalue weighted by atomic mass is 16.7. The highest BCUT2D eigenvalue weighted by molar-refractivity contribution is 5.93. The summed E-state index contributed by atoms with van der Waals surface area (Å²) in [7, 11) is 2.90. The molecule has 1 amide bonds. The Morgan fingerprint density at radius 3 is 2.20 bits per heavy atom. The Bertz CT molecular complexity index is 247. The van der Waals surface area contributed by atoms with E-state index in [9.17, 15) is 9.59 Å². The largest absolute Gasteiger partial charge is 0.478 e. The van der Waals surface area contributed by atoms with E-state index in [-0.39, 0.29) is 6.04 Å². The fraction of sp³-hybridized carbons (Fsp3) is 0.556. The predicted molar refractivity (Wildman–Crippen MR) is 52.2 cm³/mol. The molecule has 0 aromatic rings. The van der Waals surface area contributed by atoms with E-state index in [0.29, 0.717) is 0 Å². The Kier molecular flexibility index (Phi) is 6.32. The molecule has 0 aromatic heterocycles. The molecule has 86 valence electrons. The highest BCUT2D eigenvalue weighted by Gasteiger charge is 2.16. The van der Waals surface area contributed by atoms with E-state index in [1.54, 1.807) is 6.92 Å². The van der Waals surface area contributed by atoms with Crippen molar-refractivity contribution in [3.05, 3.63) is 12.2 Å². The topological polar surface area (TPSA) is 84.9 Å². The molecule has 0 spiro atoms. The summed E-state index contributed by atoms with van der Waals surface area (Å²) in [6, 6.07) is -0.369. The molecule has 0 saturated carbocycles. The van der Waals surface area contributed by atoms with Crippen molar-refractivity contribution in [3.8, 4) is 0 Å². The van der Waals surface area contributed by atoms with Crippen LogP contribution >= 0.6 is 0 Å². The predicted octanol–water partition coefficient (Wildman–Crippen LogP) is -0.249. The zero-order chi connectivity index (χ0) is 11.8. The highest BCUT2D eigenvalue weighted by Crippen LogP contribution is 1.98. The minimum atomic E-state index is -1.17. The summed E-state index contributed by atoms with van der Waals surface area (Å²) in [5.74, 6) is -1.68. The molecule has 6 nitrogen and oxygen atoms in total. The molecule has 0 heterocycles. The summed E-state index contributed by atoms with van der Waals surface area (Å²) in [6.07, 6.45) is 1.13. The van der Waals surface area contributed by atoms with E-state index in [1.807, 2.05) is 0 Å². The van der Waals surface area contributed by atoms with Gasteiger partial charge in [0.25, 0.3) is 0 Å². The third-order valence-corrected chi connectivity index (χ3v) is 1.62. The van der Waals surface area contributed by atoms with Gasteiger partial charge in [0.15, 0.2) is 6.29 Å². The van der Waals surface area contributed by atoms with E-state index >= 15 is 0 Å². The van der Waals surface area contributed by atoms with Crippen molar-refractivity contribution in [1.82, 2.24) is 5.32 Å². The number of hydrogen-bond acceptors (Lipinski definition) is 4. The molecule has 0 bridgehead atoms. The quantitative estimate of drug-likeness (QED) is 0.473. The van der Waals surface area contributed by atoms with Gasteiger partial charge in [-0.3, -0.25) is 4.79 Å². The maximum absolute atomic E-state index is 11.1. The second kappa shape index (κ2) is 6.97. The molecule has 0 aliphatic rings. The molecule has 0 aliphatic heterocycles. The number of hydrogen-bond donors (Lipinski definition) is 2. The minimum absolute atomic E-state index is 0.369. The van der Waals surface area contributed by atoms with Gasteiger partial charge in [-0.05, 0) is 6.92 Å². The van der Waals surface area contributed by atoms with Gasteiger partial charge in [-0.25, -0.2) is 4.79 Å². The van der Waals surface area contributed by atoms with Gasteiger partial charge in [-0.1, -0.05) is 0 Å². The summed E-state index contributed by atoms with van der Waals surface area (Å²) < 4.78 is 9.82. The maximum Gasteiger partial charge on any atom is 0.328 e. The summed E-state index contributed by atoms with van der Waals surface area (Å²) in [4.78, 5) is 21.2. The third-order valence-electron chi connectivity index (χ3n) is 1.62. The number of nitrogens with one attached hydrogen (secondary N) is 1. The molecular weight excluding hydrogens is 202 g/mol. The van der Waals surface area contributed by atoms with E-state index in [1.165, 1.54) is 14.2 Å².